The number of piperazine rings is 1. The SMILES string of the molecule is Cl.Cn1cc(N2CCN(CC3(C)CCNC3)CC2)cn1. The van der Waals surface area contributed by atoms with E-state index in [2.05, 4.69) is 33.3 Å². The zero-order chi connectivity index (χ0) is 13.3. The number of anilines is 1. The van der Waals surface area contributed by atoms with Crippen LogP contribution in [0.3, 0.4) is 0 Å². The van der Waals surface area contributed by atoms with Crippen molar-refractivity contribution in [2.45, 2.75) is 13.3 Å². The van der Waals surface area contributed by atoms with Crippen molar-refractivity contribution in [1.82, 2.24) is 20.0 Å². The van der Waals surface area contributed by atoms with Gasteiger partial charge in [-0.15, -0.1) is 12.4 Å². The molecule has 1 N–H and O–H groups in total. The Kier molecular flexibility index (Phi) is 4.94. The van der Waals surface area contributed by atoms with Crippen LogP contribution in [0, 0.1) is 5.41 Å². The lowest BCUT2D eigenvalue weighted by Crippen LogP contribution is -2.49. The molecule has 2 fully saturated rings. The fourth-order valence-corrected chi connectivity index (χ4v) is 3.28. The molecule has 1 aromatic heterocycles. The van der Waals surface area contributed by atoms with E-state index in [-0.39, 0.29) is 12.4 Å². The minimum atomic E-state index is 0. The second-order valence-electron chi connectivity index (χ2n) is 6.37. The predicted octanol–water partition coefficient (Wildman–Crippen LogP) is 0.964. The Morgan fingerprint density at radius 1 is 1.30 bits per heavy atom. The summed E-state index contributed by atoms with van der Waals surface area (Å²) in [5.41, 5.74) is 1.74. The highest BCUT2D eigenvalue weighted by atomic mass is 35.5. The van der Waals surface area contributed by atoms with Crippen molar-refractivity contribution in [2.75, 3.05) is 50.7 Å². The van der Waals surface area contributed by atoms with Gasteiger partial charge in [0.25, 0.3) is 0 Å². The lowest BCUT2D eigenvalue weighted by molar-refractivity contribution is 0.169. The van der Waals surface area contributed by atoms with Crippen molar-refractivity contribution in [3.8, 4) is 0 Å². The van der Waals surface area contributed by atoms with Crippen LogP contribution >= 0.6 is 12.4 Å². The van der Waals surface area contributed by atoms with Gasteiger partial charge in [-0.3, -0.25) is 9.58 Å². The first-order valence-electron chi connectivity index (χ1n) is 7.31. The van der Waals surface area contributed by atoms with E-state index >= 15 is 0 Å². The summed E-state index contributed by atoms with van der Waals surface area (Å²) in [6.45, 7) is 10.6. The number of hydrogen-bond acceptors (Lipinski definition) is 4. The third-order valence-corrected chi connectivity index (χ3v) is 4.49. The molecule has 0 bridgehead atoms. The summed E-state index contributed by atoms with van der Waals surface area (Å²) in [5.74, 6) is 0. The molecule has 1 aromatic rings. The third kappa shape index (κ3) is 3.45. The van der Waals surface area contributed by atoms with Gasteiger partial charge < -0.3 is 10.2 Å². The van der Waals surface area contributed by atoms with E-state index in [1.807, 2.05) is 17.9 Å². The van der Waals surface area contributed by atoms with Gasteiger partial charge in [-0.2, -0.15) is 5.10 Å². The van der Waals surface area contributed by atoms with Crippen LogP contribution in [-0.2, 0) is 7.05 Å². The van der Waals surface area contributed by atoms with E-state index in [1.165, 1.54) is 44.8 Å². The van der Waals surface area contributed by atoms with Crippen molar-refractivity contribution in [3.63, 3.8) is 0 Å². The molecule has 2 saturated heterocycles. The van der Waals surface area contributed by atoms with Gasteiger partial charge in [0.05, 0.1) is 11.9 Å². The molecule has 5 nitrogen and oxygen atoms in total. The van der Waals surface area contributed by atoms with Gasteiger partial charge in [0.1, 0.15) is 0 Å². The molecule has 0 aromatic carbocycles. The van der Waals surface area contributed by atoms with E-state index in [0.29, 0.717) is 5.41 Å². The normalized spacial score (nSPS) is 27.6. The fourth-order valence-electron chi connectivity index (χ4n) is 3.28. The average molecular weight is 300 g/mol. The fraction of sp³-hybridized carbons (Fsp3) is 0.786. The molecular formula is C14H26ClN5. The second-order valence-corrected chi connectivity index (χ2v) is 6.37. The molecule has 0 amide bonds. The maximum absolute atomic E-state index is 4.26. The highest BCUT2D eigenvalue weighted by Gasteiger charge is 2.31. The third-order valence-electron chi connectivity index (χ3n) is 4.49. The van der Waals surface area contributed by atoms with Crippen LogP contribution in [0.1, 0.15) is 13.3 Å². The molecule has 20 heavy (non-hydrogen) atoms. The zero-order valence-corrected chi connectivity index (χ0v) is 13.3. The highest BCUT2D eigenvalue weighted by Crippen LogP contribution is 2.26. The highest BCUT2D eigenvalue weighted by molar-refractivity contribution is 5.85. The number of rotatable bonds is 3. The quantitative estimate of drug-likeness (QED) is 0.902. The van der Waals surface area contributed by atoms with Crippen LogP contribution in [0.15, 0.2) is 12.4 Å². The van der Waals surface area contributed by atoms with Gasteiger partial charge in [0, 0.05) is 52.5 Å². The molecule has 0 spiro atoms. The topological polar surface area (TPSA) is 36.3 Å². The molecule has 114 valence electrons. The molecule has 0 aliphatic carbocycles. The smallest absolute Gasteiger partial charge is 0.0753 e. The molecule has 3 rings (SSSR count). The summed E-state index contributed by atoms with van der Waals surface area (Å²) in [7, 11) is 1.98. The number of aryl methyl sites for hydroxylation is 1. The molecule has 0 radical (unpaired) electrons. The zero-order valence-electron chi connectivity index (χ0n) is 12.5. The largest absolute Gasteiger partial charge is 0.366 e. The molecule has 0 saturated carbocycles. The standard InChI is InChI=1S/C14H25N5.ClH/c1-14(3-4-15-11-14)12-18-5-7-19(8-6-18)13-9-16-17(2)10-13;/h9-10,15H,3-8,11-12H2,1-2H3;1H. The van der Waals surface area contributed by atoms with E-state index < -0.39 is 0 Å². The molecule has 6 heteroatoms. The molecule has 3 heterocycles. The molecule has 1 atom stereocenters. The van der Waals surface area contributed by atoms with Crippen molar-refractivity contribution in [3.05, 3.63) is 12.4 Å². The van der Waals surface area contributed by atoms with Crippen LogP contribution in [0.4, 0.5) is 5.69 Å². The number of nitrogens with one attached hydrogen (secondary N) is 1. The summed E-state index contributed by atoms with van der Waals surface area (Å²) in [5, 5.41) is 7.75. The van der Waals surface area contributed by atoms with Crippen molar-refractivity contribution in [2.24, 2.45) is 12.5 Å². The first-order chi connectivity index (χ1) is 9.15. The number of halogens is 1. The first kappa shape index (κ1) is 15.6. The Labute approximate surface area is 127 Å². The molecule has 1 unspecified atom stereocenters. The lowest BCUT2D eigenvalue weighted by atomic mass is 9.89. The molecular weight excluding hydrogens is 274 g/mol. The molecule has 2 aliphatic heterocycles. The minimum absolute atomic E-state index is 0. The summed E-state index contributed by atoms with van der Waals surface area (Å²) in [6, 6.07) is 0. The molecule has 2 aliphatic rings. The Morgan fingerprint density at radius 2 is 2.05 bits per heavy atom. The number of aromatic nitrogens is 2. The van der Waals surface area contributed by atoms with Crippen LogP contribution in [-0.4, -0.2) is 60.5 Å². The number of nitrogens with zero attached hydrogens (tertiary/aromatic N) is 4. The van der Waals surface area contributed by atoms with Crippen LogP contribution in [0.25, 0.3) is 0 Å². The van der Waals surface area contributed by atoms with E-state index in [9.17, 15) is 0 Å². The van der Waals surface area contributed by atoms with Crippen LogP contribution < -0.4 is 10.2 Å². The summed E-state index contributed by atoms with van der Waals surface area (Å²) >= 11 is 0. The maximum atomic E-state index is 4.26. The van der Waals surface area contributed by atoms with E-state index in [0.717, 1.165) is 13.1 Å². The van der Waals surface area contributed by atoms with Crippen molar-refractivity contribution >= 4 is 18.1 Å². The Balaban J connectivity index is 0.00000147. The van der Waals surface area contributed by atoms with E-state index in [1.54, 1.807) is 0 Å². The van der Waals surface area contributed by atoms with E-state index in [4.69, 9.17) is 0 Å². The monoisotopic (exact) mass is 299 g/mol. The average Bonchev–Trinajstić information content (AvgIpc) is 3.00. The van der Waals surface area contributed by atoms with Gasteiger partial charge in [0.15, 0.2) is 0 Å². The van der Waals surface area contributed by atoms with Gasteiger partial charge >= 0.3 is 0 Å². The Hall–Kier alpha value is -0.780. The predicted molar refractivity (Wildman–Crippen MR) is 84.7 cm³/mol. The number of hydrogen-bond donors (Lipinski definition) is 1. The van der Waals surface area contributed by atoms with Gasteiger partial charge in [0.2, 0.25) is 0 Å². The van der Waals surface area contributed by atoms with Crippen LogP contribution in [0.2, 0.25) is 0 Å². The van der Waals surface area contributed by atoms with Gasteiger partial charge in [-0.25, -0.2) is 0 Å². The summed E-state index contributed by atoms with van der Waals surface area (Å²) < 4.78 is 1.88. The first-order valence-corrected chi connectivity index (χ1v) is 7.31. The van der Waals surface area contributed by atoms with Gasteiger partial charge in [-0.1, -0.05) is 6.92 Å². The second kappa shape index (κ2) is 6.33. The Morgan fingerprint density at radius 3 is 2.60 bits per heavy atom. The minimum Gasteiger partial charge on any atom is -0.366 e. The maximum Gasteiger partial charge on any atom is 0.0753 e. The van der Waals surface area contributed by atoms with Crippen molar-refractivity contribution in [1.29, 1.82) is 0 Å². The summed E-state index contributed by atoms with van der Waals surface area (Å²) in [4.78, 5) is 5.07. The van der Waals surface area contributed by atoms with Crippen molar-refractivity contribution < 1.29 is 0 Å². The van der Waals surface area contributed by atoms with Crippen LogP contribution in [0.5, 0.6) is 0 Å². The summed E-state index contributed by atoms with van der Waals surface area (Å²) in [6.07, 6.45) is 5.39. The lowest BCUT2D eigenvalue weighted by Gasteiger charge is -2.39. The van der Waals surface area contributed by atoms with Gasteiger partial charge in [-0.05, 0) is 18.4 Å². The Bertz CT molecular complexity index is 419.